The average molecular weight is 412 g/mol. The summed E-state index contributed by atoms with van der Waals surface area (Å²) in [6, 6.07) is 10.5. The quantitative estimate of drug-likeness (QED) is 0.660. The Labute approximate surface area is 176 Å². The Morgan fingerprint density at radius 3 is 2.60 bits per heavy atom. The molecule has 2 aromatic rings. The first-order valence-electron chi connectivity index (χ1n) is 10.3. The van der Waals surface area contributed by atoms with Crippen molar-refractivity contribution < 1.29 is 23.8 Å². The number of carbonyl (C=O) groups is 2. The van der Waals surface area contributed by atoms with Crippen molar-refractivity contribution in [1.82, 2.24) is 10.3 Å². The van der Waals surface area contributed by atoms with Gasteiger partial charge in [0.25, 0.3) is 5.91 Å². The van der Waals surface area contributed by atoms with E-state index in [0.717, 1.165) is 25.7 Å². The van der Waals surface area contributed by atoms with E-state index in [1.165, 1.54) is 0 Å². The van der Waals surface area contributed by atoms with Crippen molar-refractivity contribution in [2.75, 3.05) is 20.3 Å². The van der Waals surface area contributed by atoms with Gasteiger partial charge in [0.1, 0.15) is 17.1 Å². The molecule has 1 amide bonds. The Morgan fingerprint density at radius 1 is 1.10 bits per heavy atom. The van der Waals surface area contributed by atoms with E-state index in [0.29, 0.717) is 36.1 Å². The number of ether oxygens (including phenoxy) is 3. The van der Waals surface area contributed by atoms with E-state index in [2.05, 4.69) is 10.3 Å². The van der Waals surface area contributed by atoms with Crippen LogP contribution in [-0.2, 0) is 9.53 Å². The topological polar surface area (TPSA) is 86.8 Å². The van der Waals surface area contributed by atoms with E-state index in [-0.39, 0.29) is 23.7 Å². The van der Waals surface area contributed by atoms with Gasteiger partial charge in [-0.3, -0.25) is 9.59 Å². The molecule has 1 aliphatic rings. The fourth-order valence-corrected chi connectivity index (χ4v) is 3.62. The molecule has 1 heterocycles. The number of benzene rings is 1. The van der Waals surface area contributed by atoms with Crippen molar-refractivity contribution in [3.05, 3.63) is 48.2 Å². The molecule has 1 fully saturated rings. The first kappa shape index (κ1) is 21.6. The maximum atomic E-state index is 12.7. The van der Waals surface area contributed by atoms with Crippen LogP contribution in [0.3, 0.4) is 0 Å². The van der Waals surface area contributed by atoms with Gasteiger partial charge in [-0.1, -0.05) is 6.07 Å². The molecule has 7 nitrogen and oxygen atoms in total. The standard InChI is InChI=1S/C23H28N2O5/c1-3-29-23(27)17-11-9-16(10-12-17)15-25-21(26)20-8-5-13-24-22(20)30-19-7-4-6-18(14-19)28-2/h4-8,13-14,16-17H,3,9-12,15H2,1-2H3,(H,25,26). The third kappa shape index (κ3) is 5.72. The number of hydrogen-bond donors (Lipinski definition) is 1. The molecule has 30 heavy (non-hydrogen) atoms. The molecular formula is C23H28N2O5. The van der Waals surface area contributed by atoms with Crippen LogP contribution < -0.4 is 14.8 Å². The predicted octanol–water partition coefficient (Wildman–Crippen LogP) is 3.98. The van der Waals surface area contributed by atoms with Crippen molar-refractivity contribution in [3.63, 3.8) is 0 Å². The zero-order valence-corrected chi connectivity index (χ0v) is 17.4. The lowest BCUT2D eigenvalue weighted by Crippen LogP contribution is -2.33. The number of aromatic nitrogens is 1. The Morgan fingerprint density at radius 2 is 1.87 bits per heavy atom. The molecule has 1 aromatic carbocycles. The highest BCUT2D eigenvalue weighted by Gasteiger charge is 2.27. The number of esters is 1. The lowest BCUT2D eigenvalue weighted by molar-refractivity contribution is -0.149. The Balaban J connectivity index is 1.55. The smallest absolute Gasteiger partial charge is 0.308 e. The van der Waals surface area contributed by atoms with Crippen LogP contribution in [0, 0.1) is 11.8 Å². The summed E-state index contributed by atoms with van der Waals surface area (Å²) < 4.78 is 16.1. The molecular weight excluding hydrogens is 384 g/mol. The van der Waals surface area contributed by atoms with Crippen LogP contribution in [0.5, 0.6) is 17.4 Å². The van der Waals surface area contributed by atoms with Crippen molar-refractivity contribution >= 4 is 11.9 Å². The van der Waals surface area contributed by atoms with E-state index in [4.69, 9.17) is 14.2 Å². The van der Waals surface area contributed by atoms with Gasteiger partial charge in [-0.15, -0.1) is 0 Å². The van der Waals surface area contributed by atoms with Crippen LogP contribution in [0.15, 0.2) is 42.6 Å². The maximum Gasteiger partial charge on any atom is 0.308 e. The molecule has 1 saturated carbocycles. The van der Waals surface area contributed by atoms with E-state index >= 15 is 0 Å². The Hall–Kier alpha value is -3.09. The largest absolute Gasteiger partial charge is 0.497 e. The highest BCUT2D eigenvalue weighted by atomic mass is 16.5. The summed E-state index contributed by atoms with van der Waals surface area (Å²) in [5.74, 6) is 1.45. The van der Waals surface area contributed by atoms with E-state index in [1.54, 1.807) is 37.6 Å². The van der Waals surface area contributed by atoms with Gasteiger partial charge in [0.15, 0.2) is 0 Å². The normalized spacial score (nSPS) is 18.3. The fraction of sp³-hybridized carbons (Fsp3) is 0.435. The van der Waals surface area contributed by atoms with E-state index < -0.39 is 0 Å². The number of pyridine rings is 1. The predicted molar refractivity (Wildman–Crippen MR) is 112 cm³/mol. The van der Waals surface area contributed by atoms with Crippen LogP contribution in [-0.4, -0.2) is 37.1 Å². The van der Waals surface area contributed by atoms with Crippen molar-refractivity contribution in [1.29, 1.82) is 0 Å². The summed E-state index contributed by atoms with van der Waals surface area (Å²) in [5, 5.41) is 2.99. The van der Waals surface area contributed by atoms with Gasteiger partial charge in [-0.05, 0) is 62.8 Å². The Bertz CT molecular complexity index is 862. The lowest BCUT2D eigenvalue weighted by atomic mass is 9.82. The molecule has 0 atom stereocenters. The zero-order valence-electron chi connectivity index (χ0n) is 17.4. The summed E-state index contributed by atoms with van der Waals surface area (Å²) >= 11 is 0. The van der Waals surface area contributed by atoms with Crippen molar-refractivity contribution in [3.8, 4) is 17.4 Å². The lowest BCUT2D eigenvalue weighted by Gasteiger charge is -2.27. The first-order chi connectivity index (χ1) is 14.6. The summed E-state index contributed by atoms with van der Waals surface area (Å²) in [4.78, 5) is 28.8. The van der Waals surface area contributed by atoms with Gasteiger partial charge in [0.2, 0.25) is 5.88 Å². The fourth-order valence-electron chi connectivity index (χ4n) is 3.62. The maximum absolute atomic E-state index is 12.7. The monoisotopic (exact) mass is 412 g/mol. The van der Waals surface area contributed by atoms with Crippen LogP contribution in [0.25, 0.3) is 0 Å². The van der Waals surface area contributed by atoms with Crippen LogP contribution in [0.4, 0.5) is 0 Å². The second kappa shape index (κ2) is 10.6. The summed E-state index contributed by atoms with van der Waals surface area (Å²) in [6.07, 6.45) is 4.98. The number of amides is 1. The molecule has 1 N–H and O–H groups in total. The Kier molecular flexibility index (Phi) is 7.65. The minimum Gasteiger partial charge on any atom is -0.497 e. The molecule has 0 radical (unpaired) electrons. The van der Waals surface area contributed by atoms with Gasteiger partial charge < -0.3 is 19.5 Å². The minimum atomic E-state index is -0.228. The molecule has 3 rings (SSSR count). The number of hydrogen-bond acceptors (Lipinski definition) is 6. The summed E-state index contributed by atoms with van der Waals surface area (Å²) in [7, 11) is 1.58. The molecule has 0 spiro atoms. The second-order valence-corrected chi connectivity index (χ2v) is 7.32. The molecule has 0 saturated heterocycles. The van der Waals surface area contributed by atoms with Crippen LogP contribution >= 0.6 is 0 Å². The zero-order chi connectivity index (χ0) is 21.3. The molecule has 7 heteroatoms. The molecule has 0 unspecified atom stereocenters. The average Bonchev–Trinajstić information content (AvgIpc) is 2.78. The number of nitrogens with zero attached hydrogens (tertiary/aromatic N) is 1. The highest BCUT2D eigenvalue weighted by Crippen LogP contribution is 2.30. The third-order valence-corrected chi connectivity index (χ3v) is 5.29. The van der Waals surface area contributed by atoms with Crippen molar-refractivity contribution in [2.45, 2.75) is 32.6 Å². The molecule has 1 aromatic heterocycles. The van der Waals surface area contributed by atoms with Crippen LogP contribution in [0.2, 0.25) is 0 Å². The minimum absolute atomic E-state index is 0.0157. The first-order valence-corrected chi connectivity index (χ1v) is 10.3. The third-order valence-electron chi connectivity index (χ3n) is 5.29. The number of rotatable bonds is 8. The van der Waals surface area contributed by atoms with E-state index in [9.17, 15) is 9.59 Å². The molecule has 0 bridgehead atoms. The van der Waals surface area contributed by atoms with Gasteiger partial charge in [0, 0.05) is 18.8 Å². The van der Waals surface area contributed by atoms with Crippen LogP contribution in [0.1, 0.15) is 43.0 Å². The SMILES string of the molecule is CCOC(=O)C1CCC(CNC(=O)c2cccnc2Oc2cccc(OC)c2)CC1. The molecule has 0 aliphatic heterocycles. The summed E-state index contributed by atoms with van der Waals surface area (Å²) in [6.45, 7) is 2.80. The number of carbonyl (C=O) groups excluding carboxylic acids is 2. The molecule has 1 aliphatic carbocycles. The molecule has 160 valence electrons. The second-order valence-electron chi connectivity index (χ2n) is 7.32. The van der Waals surface area contributed by atoms with E-state index in [1.807, 2.05) is 19.1 Å². The number of methoxy groups -OCH3 is 1. The highest BCUT2D eigenvalue weighted by molar-refractivity contribution is 5.96. The number of nitrogens with one attached hydrogen (secondary N) is 1. The van der Waals surface area contributed by atoms with Gasteiger partial charge >= 0.3 is 5.97 Å². The summed E-state index contributed by atoms with van der Waals surface area (Å²) in [5.41, 5.74) is 0.375. The van der Waals surface area contributed by atoms with Gasteiger partial charge in [-0.2, -0.15) is 0 Å². The van der Waals surface area contributed by atoms with Crippen molar-refractivity contribution in [2.24, 2.45) is 11.8 Å². The van der Waals surface area contributed by atoms with Gasteiger partial charge in [-0.25, -0.2) is 4.98 Å². The van der Waals surface area contributed by atoms with Gasteiger partial charge in [0.05, 0.1) is 19.6 Å².